The number of benzene rings is 1. The molecule has 0 saturated carbocycles. The van der Waals surface area contributed by atoms with Crippen LogP contribution in [-0.4, -0.2) is 31.2 Å². The SMILES string of the molecule is COc1ccc(C(O)N(C)C)cc1C. The lowest BCUT2D eigenvalue weighted by Crippen LogP contribution is -2.19. The molecule has 1 aromatic carbocycles. The van der Waals surface area contributed by atoms with Gasteiger partial charge >= 0.3 is 0 Å². The molecule has 0 bridgehead atoms. The van der Waals surface area contributed by atoms with Crippen LogP contribution >= 0.6 is 0 Å². The normalized spacial score (nSPS) is 13.0. The van der Waals surface area contributed by atoms with Gasteiger partial charge < -0.3 is 9.84 Å². The van der Waals surface area contributed by atoms with E-state index in [9.17, 15) is 5.11 Å². The maximum Gasteiger partial charge on any atom is 0.133 e. The maximum absolute atomic E-state index is 9.77. The first-order chi connectivity index (χ1) is 6.56. The fraction of sp³-hybridized carbons (Fsp3) is 0.455. The third kappa shape index (κ3) is 2.25. The van der Waals surface area contributed by atoms with Crippen molar-refractivity contribution >= 4 is 0 Å². The van der Waals surface area contributed by atoms with E-state index in [0.29, 0.717) is 0 Å². The van der Waals surface area contributed by atoms with Gasteiger partial charge in [-0.3, -0.25) is 4.90 Å². The molecule has 78 valence electrons. The largest absolute Gasteiger partial charge is 0.496 e. The number of methoxy groups -OCH3 is 1. The summed E-state index contributed by atoms with van der Waals surface area (Å²) in [6.07, 6.45) is -0.556. The standard InChI is InChI=1S/C11H17NO2/c1-8-7-9(11(13)12(2)3)5-6-10(8)14-4/h5-7,11,13H,1-4H3. The van der Waals surface area contributed by atoms with Crippen LogP contribution in [0.4, 0.5) is 0 Å². The minimum atomic E-state index is -0.556. The molecular formula is C11H17NO2. The van der Waals surface area contributed by atoms with Gasteiger partial charge in [-0.05, 0) is 44.3 Å². The molecule has 0 aliphatic carbocycles. The highest BCUT2D eigenvalue weighted by molar-refractivity contribution is 5.36. The van der Waals surface area contributed by atoms with Gasteiger partial charge in [-0.15, -0.1) is 0 Å². The van der Waals surface area contributed by atoms with Crippen LogP contribution in [0.15, 0.2) is 18.2 Å². The molecule has 1 N–H and O–H groups in total. The van der Waals surface area contributed by atoms with Crippen molar-refractivity contribution in [2.24, 2.45) is 0 Å². The van der Waals surface area contributed by atoms with E-state index in [2.05, 4.69) is 0 Å². The van der Waals surface area contributed by atoms with Crippen molar-refractivity contribution in [3.63, 3.8) is 0 Å². The first-order valence-electron chi connectivity index (χ1n) is 4.55. The number of hydrogen-bond donors (Lipinski definition) is 1. The maximum atomic E-state index is 9.77. The summed E-state index contributed by atoms with van der Waals surface area (Å²) in [5.74, 6) is 0.847. The van der Waals surface area contributed by atoms with Gasteiger partial charge in [0.25, 0.3) is 0 Å². The van der Waals surface area contributed by atoms with Crippen molar-refractivity contribution in [2.75, 3.05) is 21.2 Å². The molecule has 3 nitrogen and oxygen atoms in total. The Morgan fingerprint density at radius 2 is 2.00 bits per heavy atom. The number of rotatable bonds is 3. The molecule has 1 rings (SSSR count). The van der Waals surface area contributed by atoms with E-state index in [-0.39, 0.29) is 0 Å². The second-order valence-electron chi connectivity index (χ2n) is 3.57. The van der Waals surface area contributed by atoms with E-state index >= 15 is 0 Å². The highest BCUT2D eigenvalue weighted by Crippen LogP contribution is 2.23. The van der Waals surface area contributed by atoms with Crippen molar-refractivity contribution in [1.29, 1.82) is 0 Å². The van der Waals surface area contributed by atoms with Crippen LogP contribution < -0.4 is 4.74 Å². The summed E-state index contributed by atoms with van der Waals surface area (Å²) < 4.78 is 5.14. The molecule has 0 aliphatic heterocycles. The average Bonchev–Trinajstić information content (AvgIpc) is 2.16. The van der Waals surface area contributed by atoms with Crippen LogP contribution in [0.25, 0.3) is 0 Å². The van der Waals surface area contributed by atoms with Gasteiger partial charge in [-0.2, -0.15) is 0 Å². The lowest BCUT2D eigenvalue weighted by Gasteiger charge is -2.19. The minimum Gasteiger partial charge on any atom is -0.496 e. The fourth-order valence-corrected chi connectivity index (χ4v) is 1.36. The summed E-state index contributed by atoms with van der Waals surface area (Å²) >= 11 is 0. The molecule has 0 heterocycles. The summed E-state index contributed by atoms with van der Waals surface area (Å²) in [6.45, 7) is 1.96. The first-order valence-corrected chi connectivity index (χ1v) is 4.55. The molecular weight excluding hydrogens is 178 g/mol. The Balaban J connectivity index is 2.96. The van der Waals surface area contributed by atoms with Crippen LogP contribution in [0.3, 0.4) is 0 Å². The summed E-state index contributed by atoms with van der Waals surface area (Å²) in [7, 11) is 5.32. The predicted molar refractivity (Wildman–Crippen MR) is 56.4 cm³/mol. The Bertz CT molecular complexity index is 310. The van der Waals surface area contributed by atoms with Gasteiger partial charge in [0.1, 0.15) is 12.0 Å². The second kappa shape index (κ2) is 4.44. The Hall–Kier alpha value is -1.06. The first kappa shape index (κ1) is 11.0. The smallest absolute Gasteiger partial charge is 0.133 e. The second-order valence-corrected chi connectivity index (χ2v) is 3.57. The highest BCUT2D eigenvalue weighted by atomic mass is 16.5. The molecule has 0 aliphatic rings. The van der Waals surface area contributed by atoms with E-state index in [1.54, 1.807) is 12.0 Å². The van der Waals surface area contributed by atoms with E-state index in [1.807, 2.05) is 39.2 Å². The zero-order valence-corrected chi connectivity index (χ0v) is 9.11. The minimum absolute atomic E-state index is 0.556. The third-order valence-electron chi connectivity index (χ3n) is 2.21. The van der Waals surface area contributed by atoms with Crippen LogP contribution in [0, 0.1) is 6.92 Å². The Morgan fingerprint density at radius 3 is 2.43 bits per heavy atom. The molecule has 0 radical (unpaired) electrons. The molecule has 0 saturated heterocycles. The van der Waals surface area contributed by atoms with Crippen molar-refractivity contribution in [3.8, 4) is 5.75 Å². The number of nitrogens with zero attached hydrogens (tertiary/aromatic N) is 1. The van der Waals surface area contributed by atoms with E-state index < -0.39 is 6.23 Å². The number of ether oxygens (including phenoxy) is 1. The van der Waals surface area contributed by atoms with Gasteiger partial charge in [-0.1, -0.05) is 6.07 Å². The Morgan fingerprint density at radius 1 is 1.36 bits per heavy atom. The number of aliphatic hydroxyl groups excluding tert-OH is 1. The van der Waals surface area contributed by atoms with Gasteiger partial charge in [0.05, 0.1) is 7.11 Å². The summed E-state index contributed by atoms with van der Waals surface area (Å²) in [4.78, 5) is 1.75. The lowest BCUT2D eigenvalue weighted by atomic mass is 10.1. The van der Waals surface area contributed by atoms with Crippen LogP contribution in [0.5, 0.6) is 5.75 Å². The molecule has 14 heavy (non-hydrogen) atoms. The quantitative estimate of drug-likeness (QED) is 0.743. The van der Waals surface area contributed by atoms with Crippen molar-refractivity contribution in [3.05, 3.63) is 29.3 Å². The number of hydrogen-bond acceptors (Lipinski definition) is 3. The van der Waals surface area contributed by atoms with E-state index in [4.69, 9.17) is 4.74 Å². The third-order valence-corrected chi connectivity index (χ3v) is 2.21. The molecule has 3 heteroatoms. The topological polar surface area (TPSA) is 32.7 Å². The average molecular weight is 195 g/mol. The zero-order chi connectivity index (χ0) is 10.7. The van der Waals surface area contributed by atoms with Crippen molar-refractivity contribution in [2.45, 2.75) is 13.2 Å². The molecule has 0 aromatic heterocycles. The Labute approximate surface area is 84.9 Å². The molecule has 0 amide bonds. The van der Waals surface area contributed by atoms with Gasteiger partial charge in [-0.25, -0.2) is 0 Å². The molecule has 1 atom stereocenters. The predicted octanol–water partition coefficient (Wildman–Crippen LogP) is 1.56. The number of aryl methyl sites for hydroxylation is 1. The summed E-state index contributed by atoms with van der Waals surface area (Å²) in [5, 5.41) is 9.77. The van der Waals surface area contributed by atoms with Gasteiger partial charge in [0.15, 0.2) is 0 Å². The summed E-state index contributed by atoms with van der Waals surface area (Å²) in [5.41, 5.74) is 1.92. The fourth-order valence-electron chi connectivity index (χ4n) is 1.36. The van der Waals surface area contributed by atoms with Crippen molar-refractivity contribution in [1.82, 2.24) is 4.90 Å². The van der Waals surface area contributed by atoms with E-state index in [1.165, 1.54) is 0 Å². The van der Waals surface area contributed by atoms with E-state index in [0.717, 1.165) is 16.9 Å². The Kier molecular flexibility index (Phi) is 3.49. The zero-order valence-electron chi connectivity index (χ0n) is 9.11. The van der Waals surface area contributed by atoms with Gasteiger partial charge in [0.2, 0.25) is 0 Å². The molecule has 0 fully saturated rings. The van der Waals surface area contributed by atoms with Crippen molar-refractivity contribution < 1.29 is 9.84 Å². The molecule has 0 spiro atoms. The number of aliphatic hydroxyl groups is 1. The summed E-state index contributed by atoms with van der Waals surface area (Å²) in [6, 6.07) is 5.68. The highest BCUT2D eigenvalue weighted by Gasteiger charge is 2.10. The van der Waals surface area contributed by atoms with Crippen LogP contribution in [0.2, 0.25) is 0 Å². The lowest BCUT2D eigenvalue weighted by molar-refractivity contribution is 0.0394. The van der Waals surface area contributed by atoms with Crippen LogP contribution in [0.1, 0.15) is 17.4 Å². The molecule has 1 unspecified atom stereocenters. The van der Waals surface area contributed by atoms with Gasteiger partial charge in [0, 0.05) is 0 Å². The van der Waals surface area contributed by atoms with Crippen LogP contribution in [-0.2, 0) is 0 Å². The monoisotopic (exact) mass is 195 g/mol. The molecule has 1 aromatic rings.